The first kappa shape index (κ1) is 16.2. The van der Waals surface area contributed by atoms with Crippen molar-refractivity contribution in [1.29, 1.82) is 0 Å². The maximum absolute atomic E-state index is 12.3. The maximum atomic E-state index is 12.3. The minimum absolute atomic E-state index is 0.509. The molecule has 0 aliphatic carbocycles. The number of carbonyl (C=O) groups excluding carboxylic acids is 2. The number of aryl methyl sites for hydroxylation is 1. The molecular weight excluding hydrogens is 254 g/mol. The zero-order valence-corrected chi connectivity index (χ0v) is 12.8. The minimum Gasteiger partial charge on any atom is -0.443 e. The molecule has 4 heteroatoms. The third-order valence-electron chi connectivity index (χ3n) is 2.79. The summed E-state index contributed by atoms with van der Waals surface area (Å²) < 4.78 is 5.38. The highest BCUT2D eigenvalue weighted by atomic mass is 16.6. The van der Waals surface area contributed by atoms with Crippen LogP contribution in [0.1, 0.15) is 40.2 Å². The molecule has 0 heterocycles. The van der Waals surface area contributed by atoms with E-state index < -0.39 is 17.7 Å². The summed E-state index contributed by atoms with van der Waals surface area (Å²) >= 11 is 0. The lowest BCUT2D eigenvalue weighted by Gasteiger charge is -2.29. The van der Waals surface area contributed by atoms with Crippen LogP contribution in [0.15, 0.2) is 24.3 Å². The second-order valence-electron chi connectivity index (χ2n) is 5.75. The quantitative estimate of drug-likeness (QED) is 0.790. The van der Waals surface area contributed by atoms with Crippen LogP contribution >= 0.6 is 0 Å². The van der Waals surface area contributed by atoms with Gasteiger partial charge in [-0.3, -0.25) is 4.90 Å². The molecule has 0 saturated carbocycles. The van der Waals surface area contributed by atoms with E-state index in [1.807, 2.05) is 31.2 Å². The molecule has 1 aromatic carbocycles. The monoisotopic (exact) mass is 277 g/mol. The van der Waals surface area contributed by atoms with Crippen molar-refractivity contribution in [3.8, 4) is 0 Å². The molecule has 0 aliphatic rings. The number of hydrogen-bond donors (Lipinski definition) is 0. The van der Waals surface area contributed by atoms with Crippen LogP contribution in [0.5, 0.6) is 0 Å². The first-order valence-electron chi connectivity index (χ1n) is 6.85. The lowest BCUT2D eigenvalue weighted by atomic mass is 10.1. The smallest absolute Gasteiger partial charge is 0.415 e. The second-order valence-corrected chi connectivity index (χ2v) is 5.75. The van der Waals surface area contributed by atoms with Gasteiger partial charge in [0.05, 0.1) is 6.04 Å². The van der Waals surface area contributed by atoms with Gasteiger partial charge in [-0.05, 0) is 51.8 Å². The number of rotatable bonds is 4. The first-order chi connectivity index (χ1) is 9.28. The van der Waals surface area contributed by atoms with Crippen molar-refractivity contribution in [2.45, 2.75) is 52.7 Å². The maximum Gasteiger partial charge on any atom is 0.415 e. The fraction of sp³-hybridized carbons (Fsp3) is 0.500. The van der Waals surface area contributed by atoms with Crippen molar-refractivity contribution < 1.29 is 14.3 Å². The highest BCUT2D eigenvalue weighted by Crippen LogP contribution is 2.22. The lowest BCUT2D eigenvalue weighted by molar-refractivity contribution is -0.108. The minimum atomic E-state index is -0.597. The molecule has 1 unspecified atom stereocenters. The Hall–Kier alpha value is -1.84. The predicted molar refractivity (Wildman–Crippen MR) is 80.1 cm³/mol. The number of hydrogen-bond acceptors (Lipinski definition) is 3. The van der Waals surface area contributed by atoms with Gasteiger partial charge in [0.25, 0.3) is 0 Å². The van der Waals surface area contributed by atoms with Crippen molar-refractivity contribution in [3.05, 3.63) is 29.8 Å². The summed E-state index contributed by atoms with van der Waals surface area (Å²) in [4.78, 5) is 24.8. The fourth-order valence-corrected chi connectivity index (χ4v) is 1.81. The molecule has 1 amide bonds. The van der Waals surface area contributed by atoms with E-state index in [9.17, 15) is 9.59 Å². The van der Waals surface area contributed by atoms with Gasteiger partial charge in [0.2, 0.25) is 0 Å². The Balaban J connectivity index is 3.11. The van der Waals surface area contributed by atoms with E-state index >= 15 is 0 Å². The molecule has 0 fully saturated rings. The zero-order chi connectivity index (χ0) is 15.3. The normalized spacial score (nSPS) is 12.7. The van der Waals surface area contributed by atoms with Crippen molar-refractivity contribution in [2.24, 2.45) is 0 Å². The van der Waals surface area contributed by atoms with Crippen molar-refractivity contribution >= 4 is 18.1 Å². The number of anilines is 1. The van der Waals surface area contributed by atoms with Crippen LogP contribution in [0.3, 0.4) is 0 Å². The highest BCUT2D eigenvalue weighted by Gasteiger charge is 2.27. The molecule has 0 N–H and O–H groups in total. The Morgan fingerprint density at radius 1 is 1.40 bits per heavy atom. The van der Waals surface area contributed by atoms with E-state index in [2.05, 4.69) is 0 Å². The van der Waals surface area contributed by atoms with Crippen molar-refractivity contribution in [2.75, 3.05) is 4.90 Å². The van der Waals surface area contributed by atoms with Crippen molar-refractivity contribution in [3.63, 3.8) is 0 Å². The number of carbonyl (C=O) groups is 2. The molecule has 20 heavy (non-hydrogen) atoms. The molecule has 0 saturated heterocycles. The van der Waals surface area contributed by atoms with Gasteiger partial charge in [0, 0.05) is 5.69 Å². The fourth-order valence-electron chi connectivity index (χ4n) is 1.81. The number of amides is 1. The molecule has 1 atom stereocenters. The largest absolute Gasteiger partial charge is 0.443 e. The lowest BCUT2D eigenvalue weighted by Crippen LogP contribution is -2.43. The van der Waals surface area contributed by atoms with E-state index in [1.165, 1.54) is 4.90 Å². The average molecular weight is 277 g/mol. The van der Waals surface area contributed by atoms with Crippen LogP contribution in [0, 0.1) is 0 Å². The second kappa shape index (κ2) is 6.55. The van der Waals surface area contributed by atoms with Gasteiger partial charge in [-0.1, -0.05) is 19.1 Å². The summed E-state index contributed by atoms with van der Waals surface area (Å²) in [6, 6.07) is 7.01. The van der Waals surface area contributed by atoms with Crippen molar-refractivity contribution in [1.82, 2.24) is 0 Å². The number of aldehydes is 1. The van der Waals surface area contributed by atoms with Crippen LogP contribution in [0.25, 0.3) is 0 Å². The van der Waals surface area contributed by atoms with Crippen LogP contribution in [0.2, 0.25) is 0 Å². The molecular formula is C16H23NO3. The number of benzene rings is 1. The summed E-state index contributed by atoms with van der Waals surface area (Å²) in [7, 11) is 0. The van der Waals surface area contributed by atoms with Gasteiger partial charge in [0.1, 0.15) is 11.9 Å². The van der Waals surface area contributed by atoms with Gasteiger partial charge in [-0.15, -0.1) is 0 Å². The summed E-state index contributed by atoms with van der Waals surface area (Å²) in [5, 5.41) is 0. The summed E-state index contributed by atoms with van der Waals surface area (Å²) in [6.07, 6.45) is 1.10. The molecule has 0 aliphatic heterocycles. The van der Waals surface area contributed by atoms with Crippen LogP contribution in [-0.4, -0.2) is 24.0 Å². The molecule has 110 valence electrons. The Morgan fingerprint density at radius 3 is 2.55 bits per heavy atom. The van der Waals surface area contributed by atoms with Gasteiger partial charge >= 0.3 is 6.09 Å². The van der Waals surface area contributed by atoms with Crippen LogP contribution < -0.4 is 4.90 Å². The van der Waals surface area contributed by atoms with E-state index in [0.717, 1.165) is 18.3 Å². The van der Waals surface area contributed by atoms with E-state index in [1.54, 1.807) is 27.7 Å². The molecule has 0 aromatic heterocycles. The molecule has 1 rings (SSSR count). The standard InChI is InChI=1S/C16H23NO3/c1-6-13-8-7-9-14(10-13)17(12(2)11-18)15(19)20-16(3,4)5/h7-12H,6H2,1-5H3. The molecule has 1 aromatic rings. The Bertz CT molecular complexity index is 477. The highest BCUT2D eigenvalue weighted by molar-refractivity contribution is 5.92. The Kier molecular flexibility index (Phi) is 5.31. The van der Waals surface area contributed by atoms with Crippen LogP contribution in [0.4, 0.5) is 10.5 Å². The van der Waals surface area contributed by atoms with Gasteiger partial charge in [-0.25, -0.2) is 4.79 Å². The first-order valence-corrected chi connectivity index (χ1v) is 6.85. The predicted octanol–water partition coefficient (Wildman–Crippen LogP) is 3.58. The Morgan fingerprint density at radius 2 is 2.05 bits per heavy atom. The zero-order valence-electron chi connectivity index (χ0n) is 12.8. The number of ether oxygens (including phenoxy) is 1. The molecule has 0 spiro atoms. The van der Waals surface area contributed by atoms with Gasteiger partial charge < -0.3 is 9.53 Å². The average Bonchev–Trinajstić information content (AvgIpc) is 2.36. The summed E-state index contributed by atoms with van der Waals surface area (Å²) in [5.74, 6) is 0. The van der Waals surface area contributed by atoms with E-state index in [0.29, 0.717) is 5.69 Å². The van der Waals surface area contributed by atoms with E-state index in [4.69, 9.17) is 4.74 Å². The summed E-state index contributed by atoms with van der Waals surface area (Å²) in [5.41, 5.74) is 1.19. The molecule has 0 bridgehead atoms. The third-order valence-corrected chi connectivity index (χ3v) is 2.79. The topological polar surface area (TPSA) is 46.6 Å². The third kappa shape index (κ3) is 4.37. The molecule has 4 nitrogen and oxygen atoms in total. The SMILES string of the molecule is CCc1cccc(N(C(=O)OC(C)(C)C)C(C)C=O)c1. The number of nitrogens with zero attached hydrogens (tertiary/aromatic N) is 1. The van der Waals surface area contributed by atoms with Gasteiger partial charge in [-0.2, -0.15) is 0 Å². The molecule has 0 radical (unpaired) electrons. The van der Waals surface area contributed by atoms with Gasteiger partial charge in [0.15, 0.2) is 0 Å². The van der Waals surface area contributed by atoms with E-state index in [-0.39, 0.29) is 0 Å². The van der Waals surface area contributed by atoms with Crippen LogP contribution in [-0.2, 0) is 16.0 Å². The summed E-state index contributed by atoms with van der Waals surface area (Å²) in [6.45, 7) is 9.13. The Labute approximate surface area is 120 Å².